The van der Waals surface area contributed by atoms with Crippen molar-refractivity contribution in [1.29, 1.82) is 0 Å². The zero-order chi connectivity index (χ0) is 9.84. The Labute approximate surface area is 78.2 Å². The van der Waals surface area contributed by atoms with Crippen LogP contribution >= 0.6 is 0 Å². The van der Waals surface area contributed by atoms with Gasteiger partial charge in [0, 0.05) is 0 Å². The predicted octanol–water partition coefficient (Wildman–Crippen LogP) is 2.45. The second kappa shape index (κ2) is 4.38. The number of halogens is 1. The highest BCUT2D eigenvalue weighted by atomic mass is 19.1. The molecule has 1 aromatic carbocycles. The van der Waals surface area contributed by atoms with Crippen LogP contribution < -0.4 is 0 Å². The first-order chi connectivity index (χ1) is 6.09. The molecule has 0 amide bonds. The molecule has 0 aliphatic carbocycles. The lowest BCUT2D eigenvalue weighted by Gasteiger charge is -2.05. The third-order valence-electron chi connectivity index (χ3n) is 2.09. The van der Waals surface area contributed by atoms with E-state index in [-0.39, 0.29) is 11.9 Å². The average molecular weight is 182 g/mol. The summed E-state index contributed by atoms with van der Waals surface area (Å²) < 4.78 is 13.0. The van der Waals surface area contributed by atoms with E-state index < -0.39 is 0 Å². The number of hydrogen-bond donors (Lipinski definition) is 1. The number of aliphatic hydroxyl groups is 1. The normalized spacial score (nSPS) is 12.9. The van der Waals surface area contributed by atoms with Crippen molar-refractivity contribution in [1.82, 2.24) is 0 Å². The molecule has 0 aromatic heterocycles. The quantitative estimate of drug-likeness (QED) is 0.761. The van der Waals surface area contributed by atoms with E-state index in [0.717, 1.165) is 12.0 Å². The van der Waals surface area contributed by atoms with Crippen molar-refractivity contribution in [2.45, 2.75) is 32.8 Å². The van der Waals surface area contributed by atoms with Gasteiger partial charge in [0.2, 0.25) is 0 Å². The summed E-state index contributed by atoms with van der Waals surface area (Å²) in [4.78, 5) is 0. The first kappa shape index (κ1) is 10.2. The smallest absolute Gasteiger partial charge is 0.126 e. The molecule has 1 rings (SSSR count). The third-order valence-corrected chi connectivity index (χ3v) is 2.09. The lowest BCUT2D eigenvalue weighted by molar-refractivity contribution is 0.185. The first-order valence-corrected chi connectivity index (χ1v) is 4.52. The third kappa shape index (κ3) is 3.15. The Morgan fingerprint density at radius 1 is 1.46 bits per heavy atom. The highest BCUT2D eigenvalue weighted by Crippen LogP contribution is 2.11. The van der Waals surface area contributed by atoms with Crippen molar-refractivity contribution in [3.63, 3.8) is 0 Å². The largest absolute Gasteiger partial charge is 0.393 e. The topological polar surface area (TPSA) is 20.2 Å². The molecule has 13 heavy (non-hydrogen) atoms. The highest BCUT2D eigenvalue weighted by molar-refractivity contribution is 5.23. The summed E-state index contributed by atoms with van der Waals surface area (Å²) in [5.74, 6) is -0.164. The zero-order valence-electron chi connectivity index (χ0n) is 8.05. The standard InChI is InChI=1S/C11H15FO/c1-8-3-5-10(7-11(8)12)6-4-9(2)13/h3,5,7,9,13H,4,6H2,1-2H3/t9-/m1/s1. The molecule has 0 unspecified atom stereocenters. The van der Waals surface area contributed by atoms with Crippen LogP contribution in [0.4, 0.5) is 4.39 Å². The molecule has 1 aromatic rings. The van der Waals surface area contributed by atoms with Crippen molar-refractivity contribution in [3.8, 4) is 0 Å². The Hall–Kier alpha value is -0.890. The molecule has 0 saturated carbocycles. The van der Waals surface area contributed by atoms with Crippen molar-refractivity contribution in [3.05, 3.63) is 35.1 Å². The predicted molar refractivity (Wildman–Crippen MR) is 51.1 cm³/mol. The minimum atomic E-state index is -0.315. The summed E-state index contributed by atoms with van der Waals surface area (Å²) in [6.07, 6.45) is 1.10. The minimum Gasteiger partial charge on any atom is -0.393 e. The molecule has 72 valence electrons. The van der Waals surface area contributed by atoms with Crippen LogP contribution in [0.5, 0.6) is 0 Å². The van der Waals surface area contributed by atoms with Gasteiger partial charge in [0.05, 0.1) is 6.10 Å². The van der Waals surface area contributed by atoms with Gasteiger partial charge in [-0.25, -0.2) is 4.39 Å². The van der Waals surface area contributed by atoms with Gasteiger partial charge in [-0.2, -0.15) is 0 Å². The Balaban J connectivity index is 2.63. The van der Waals surface area contributed by atoms with E-state index in [2.05, 4.69) is 0 Å². The minimum absolute atomic E-state index is 0.164. The van der Waals surface area contributed by atoms with Gasteiger partial charge in [-0.1, -0.05) is 12.1 Å². The molecule has 0 aliphatic rings. The molecule has 0 spiro atoms. The Bertz CT molecular complexity index is 281. The van der Waals surface area contributed by atoms with Crippen LogP contribution in [0.3, 0.4) is 0 Å². The molecule has 0 radical (unpaired) electrons. The van der Waals surface area contributed by atoms with Gasteiger partial charge in [-0.15, -0.1) is 0 Å². The monoisotopic (exact) mass is 182 g/mol. The van der Waals surface area contributed by atoms with Crippen LogP contribution in [0.25, 0.3) is 0 Å². The molecule has 0 fully saturated rings. The fourth-order valence-corrected chi connectivity index (χ4v) is 1.17. The molecule has 0 heterocycles. The fourth-order valence-electron chi connectivity index (χ4n) is 1.17. The first-order valence-electron chi connectivity index (χ1n) is 4.52. The van der Waals surface area contributed by atoms with Gasteiger partial charge in [0.15, 0.2) is 0 Å². The van der Waals surface area contributed by atoms with Crippen LogP contribution in [-0.2, 0) is 6.42 Å². The summed E-state index contributed by atoms with van der Waals surface area (Å²) >= 11 is 0. The van der Waals surface area contributed by atoms with Crippen molar-refractivity contribution in [2.24, 2.45) is 0 Å². The van der Waals surface area contributed by atoms with Gasteiger partial charge in [0.1, 0.15) is 5.82 Å². The van der Waals surface area contributed by atoms with Crippen molar-refractivity contribution >= 4 is 0 Å². The number of aliphatic hydroxyl groups excluding tert-OH is 1. The summed E-state index contributed by atoms with van der Waals surface area (Å²) in [7, 11) is 0. The molecule has 1 nitrogen and oxygen atoms in total. The van der Waals surface area contributed by atoms with Crippen molar-refractivity contribution < 1.29 is 9.50 Å². The molecule has 0 bridgehead atoms. The van der Waals surface area contributed by atoms with Crippen LogP contribution in [0.2, 0.25) is 0 Å². The maximum absolute atomic E-state index is 13.0. The van der Waals surface area contributed by atoms with Gasteiger partial charge in [0.25, 0.3) is 0 Å². The summed E-state index contributed by atoms with van der Waals surface area (Å²) in [6.45, 7) is 3.48. The molecule has 0 aliphatic heterocycles. The second-order valence-electron chi connectivity index (χ2n) is 3.47. The highest BCUT2D eigenvalue weighted by Gasteiger charge is 2.01. The number of benzene rings is 1. The zero-order valence-corrected chi connectivity index (χ0v) is 8.05. The lowest BCUT2D eigenvalue weighted by Crippen LogP contribution is -2.01. The second-order valence-corrected chi connectivity index (χ2v) is 3.47. The van der Waals surface area contributed by atoms with E-state index in [9.17, 15) is 4.39 Å². The number of aryl methyl sites for hydroxylation is 2. The molecule has 0 saturated heterocycles. The van der Waals surface area contributed by atoms with Gasteiger partial charge >= 0.3 is 0 Å². The number of hydrogen-bond acceptors (Lipinski definition) is 1. The number of rotatable bonds is 3. The van der Waals surface area contributed by atoms with Gasteiger partial charge in [-0.05, 0) is 43.9 Å². The van der Waals surface area contributed by atoms with Crippen LogP contribution in [0, 0.1) is 12.7 Å². The van der Waals surface area contributed by atoms with Crippen LogP contribution in [0.15, 0.2) is 18.2 Å². The van der Waals surface area contributed by atoms with Crippen molar-refractivity contribution in [2.75, 3.05) is 0 Å². The summed E-state index contributed by atoms with van der Waals surface area (Å²) in [5.41, 5.74) is 1.62. The SMILES string of the molecule is Cc1ccc(CC[C@@H](C)O)cc1F. The Morgan fingerprint density at radius 2 is 2.15 bits per heavy atom. The van der Waals surface area contributed by atoms with E-state index in [4.69, 9.17) is 5.11 Å². The maximum atomic E-state index is 13.0. The van der Waals surface area contributed by atoms with E-state index in [1.807, 2.05) is 6.07 Å². The molecular weight excluding hydrogens is 167 g/mol. The Kier molecular flexibility index (Phi) is 3.43. The maximum Gasteiger partial charge on any atom is 0.126 e. The lowest BCUT2D eigenvalue weighted by atomic mass is 10.1. The molecular formula is C11H15FO. The van der Waals surface area contributed by atoms with E-state index in [1.165, 1.54) is 6.07 Å². The molecule has 1 atom stereocenters. The van der Waals surface area contributed by atoms with Crippen LogP contribution in [-0.4, -0.2) is 11.2 Å². The summed E-state index contributed by atoms with van der Waals surface area (Å²) in [6, 6.07) is 5.21. The fraction of sp³-hybridized carbons (Fsp3) is 0.455. The van der Waals surface area contributed by atoms with Crippen LogP contribution in [0.1, 0.15) is 24.5 Å². The van der Waals surface area contributed by atoms with E-state index in [1.54, 1.807) is 19.9 Å². The van der Waals surface area contributed by atoms with E-state index >= 15 is 0 Å². The van der Waals surface area contributed by atoms with E-state index in [0.29, 0.717) is 12.0 Å². The Morgan fingerprint density at radius 3 is 2.69 bits per heavy atom. The molecule has 2 heteroatoms. The van der Waals surface area contributed by atoms with Gasteiger partial charge in [-0.3, -0.25) is 0 Å². The van der Waals surface area contributed by atoms with Gasteiger partial charge < -0.3 is 5.11 Å². The average Bonchev–Trinajstić information content (AvgIpc) is 2.07. The molecule has 1 N–H and O–H groups in total. The summed E-state index contributed by atoms with van der Waals surface area (Å²) in [5, 5.41) is 9.04.